The summed E-state index contributed by atoms with van der Waals surface area (Å²) in [5.74, 6) is -0.458. The minimum absolute atomic E-state index is 0.00676. The lowest BCUT2D eigenvalue weighted by Gasteiger charge is -2.22. The lowest BCUT2D eigenvalue weighted by molar-refractivity contribution is -0.139. The Kier molecular flexibility index (Phi) is 4.99. The van der Waals surface area contributed by atoms with Crippen molar-refractivity contribution in [3.63, 3.8) is 0 Å². The van der Waals surface area contributed by atoms with Gasteiger partial charge in [0.2, 0.25) is 5.91 Å². The topological polar surface area (TPSA) is 55.4 Å². The average Bonchev–Trinajstić information content (AvgIpc) is 2.91. The van der Waals surface area contributed by atoms with Crippen molar-refractivity contribution in [3.8, 4) is 0 Å². The molecule has 1 heterocycles. The average molecular weight is 346 g/mol. The molecule has 1 aliphatic carbocycles. The van der Waals surface area contributed by atoms with E-state index < -0.39 is 4.83 Å². The van der Waals surface area contributed by atoms with Gasteiger partial charge in [-0.2, -0.15) is 0 Å². The molecule has 1 N–H and O–H groups in total. The third kappa shape index (κ3) is 3.36. The number of halogens is 1. The van der Waals surface area contributed by atoms with E-state index in [0.717, 1.165) is 24.8 Å². The highest BCUT2D eigenvalue weighted by Gasteiger charge is 2.28. The predicted molar refractivity (Wildman–Crippen MR) is 77.7 cm³/mol. The van der Waals surface area contributed by atoms with E-state index in [1.54, 1.807) is 11.3 Å². The number of hydrogen-bond donors (Lipinski definition) is 1. The molecule has 0 saturated heterocycles. The van der Waals surface area contributed by atoms with Crippen molar-refractivity contribution in [1.29, 1.82) is 0 Å². The zero-order chi connectivity index (χ0) is 13.8. The van der Waals surface area contributed by atoms with E-state index in [0.29, 0.717) is 0 Å². The van der Waals surface area contributed by atoms with Crippen LogP contribution < -0.4 is 5.32 Å². The van der Waals surface area contributed by atoms with Crippen molar-refractivity contribution in [3.05, 3.63) is 21.9 Å². The van der Waals surface area contributed by atoms with Gasteiger partial charge < -0.3 is 10.1 Å². The van der Waals surface area contributed by atoms with Gasteiger partial charge in [0.05, 0.1) is 13.0 Å². The summed E-state index contributed by atoms with van der Waals surface area (Å²) < 4.78 is 4.60. The van der Waals surface area contributed by atoms with Crippen LogP contribution in [-0.4, -0.2) is 30.4 Å². The van der Waals surface area contributed by atoms with Gasteiger partial charge in [-0.3, -0.25) is 9.59 Å². The molecule has 19 heavy (non-hydrogen) atoms. The maximum Gasteiger partial charge on any atom is 0.321 e. The molecule has 0 radical (unpaired) electrons. The van der Waals surface area contributed by atoms with Crippen molar-refractivity contribution in [2.45, 2.75) is 30.0 Å². The second-order valence-corrected chi connectivity index (χ2v) is 6.59. The highest BCUT2D eigenvalue weighted by molar-refractivity contribution is 9.10. The van der Waals surface area contributed by atoms with E-state index in [1.165, 1.54) is 12.0 Å². The number of hydrogen-bond acceptors (Lipinski definition) is 4. The highest BCUT2D eigenvalue weighted by atomic mass is 79.9. The fourth-order valence-corrected chi connectivity index (χ4v) is 3.62. The Balaban J connectivity index is 1.93. The van der Waals surface area contributed by atoms with Crippen molar-refractivity contribution >= 4 is 39.1 Å². The van der Waals surface area contributed by atoms with Gasteiger partial charge in [0, 0.05) is 11.4 Å². The van der Waals surface area contributed by atoms with Crippen molar-refractivity contribution in [1.82, 2.24) is 5.32 Å². The van der Waals surface area contributed by atoms with Crippen LogP contribution in [0.2, 0.25) is 0 Å². The molecule has 1 aromatic rings. The van der Waals surface area contributed by atoms with Crippen LogP contribution >= 0.6 is 27.3 Å². The largest absolute Gasteiger partial charge is 0.468 e. The van der Waals surface area contributed by atoms with Crippen LogP contribution in [-0.2, 0) is 20.7 Å². The molecule has 1 aromatic heterocycles. The molecule has 0 aliphatic heterocycles. The lowest BCUT2D eigenvalue weighted by atomic mass is 9.87. The smallest absolute Gasteiger partial charge is 0.321 e. The Morgan fingerprint density at radius 1 is 1.63 bits per heavy atom. The summed E-state index contributed by atoms with van der Waals surface area (Å²) in [4.78, 5) is 24.3. The van der Waals surface area contributed by atoms with Gasteiger partial charge >= 0.3 is 5.97 Å². The fourth-order valence-electron chi connectivity index (χ4n) is 2.28. The molecule has 0 aromatic carbocycles. The van der Waals surface area contributed by atoms with E-state index >= 15 is 0 Å². The Hall–Kier alpha value is -0.880. The molecular weight excluding hydrogens is 330 g/mol. The van der Waals surface area contributed by atoms with Gasteiger partial charge in [0.25, 0.3) is 0 Å². The molecule has 2 atom stereocenters. The summed E-state index contributed by atoms with van der Waals surface area (Å²) in [7, 11) is 1.33. The molecule has 0 fully saturated rings. The second-order valence-electron chi connectivity index (χ2n) is 4.48. The molecule has 1 aliphatic rings. The third-order valence-electron chi connectivity index (χ3n) is 3.28. The number of methoxy groups -OCH3 is 1. The summed E-state index contributed by atoms with van der Waals surface area (Å²) in [5, 5.41) is 4.86. The van der Waals surface area contributed by atoms with Crippen LogP contribution in [0.4, 0.5) is 0 Å². The number of amides is 1. The normalized spacial score (nSPS) is 19.4. The minimum atomic E-state index is -0.494. The number of ether oxygens (including phenoxy) is 1. The number of esters is 1. The van der Waals surface area contributed by atoms with Crippen molar-refractivity contribution in [2.24, 2.45) is 0 Å². The molecule has 104 valence electrons. The van der Waals surface area contributed by atoms with Gasteiger partial charge in [-0.1, -0.05) is 15.9 Å². The fraction of sp³-hybridized carbons (Fsp3) is 0.538. The minimum Gasteiger partial charge on any atom is -0.468 e. The third-order valence-corrected chi connectivity index (χ3v) is 4.97. The van der Waals surface area contributed by atoms with Gasteiger partial charge in [0.15, 0.2) is 0 Å². The zero-order valence-corrected chi connectivity index (χ0v) is 13.1. The van der Waals surface area contributed by atoms with Crippen molar-refractivity contribution in [2.75, 3.05) is 13.7 Å². The second kappa shape index (κ2) is 6.52. The number of thiophene rings is 1. The van der Waals surface area contributed by atoms with Crippen LogP contribution in [0.25, 0.3) is 0 Å². The summed E-state index contributed by atoms with van der Waals surface area (Å²) >= 11 is 4.91. The van der Waals surface area contributed by atoms with E-state index in [-0.39, 0.29) is 24.3 Å². The first kappa shape index (κ1) is 14.5. The number of carbonyl (C=O) groups excluding carboxylic acids is 2. The van der Waals surface area contributed by atoms with Crippen LogP contribution in [0.3, 0.4) is 0 Å². The number of nitrogens with one attached hydrogen (secondary N) is 1. The van der Waals surface area contributed by atoms with E-state index in [2.05, 4.69) is 26.0 Å². The van der Waals surface area contributed by atoms with Crippen molar-refractivity contribution < 1.29 is 14.3 Å². The van der Waals surface area contributed by atoms with E-state index in [4.69, 9.17) is 0 Å². The van der Waals surface area contributed by atoms with Crippen LogP contribution in [0.15, 0.2) is 11.4 Å². The SMILES string of the molecule is COC(=O)C(Br)CNC(=O)C1CCCc2sccc21. The number of rotatable bonds is 4. The first-order chi connectivity index (χ1) is 9.13. The molecule has 2 unspecified atom stereocenters. The van der Waals surface area contributed by atoms with Crippen LogP contribution in [0.1, 0.15) is 29.2 Å². The van der Waals surface area contributed by atoms with Crippen LogP contribution in [0, 0.1) is 0 Å². The predicted octanol–water partition coefficient (Wildman–Crippen LogP) is 2.22. The molecule has 0 saturated carbocycles. The van der Waals surface area contributed by atoms with Gasteiger partial charge in [-0.15, -0.1) is 11.3 Å². The molecule has 6 heteroatoms. The van der Waals surface area contributed by atoms with Gasteiger partial charge in [-0.05, 0) is 36.3 Å². The zero-order valence-electron chi connectivity index (χ0n) is 10.6. The monoisotopic (exact) mass is 345 g/mol. The number of alkyl halides is 1. The Morgan fingerprint density at radius 3 is 3.16 bits per heavy atom. The van der Waals surface area contributed by atoms with Crippen LogP contribution in [0.5, 0.6) is 0 Å². The molecule has 2 rings (SSSR count). The molecule has 4 nitrogen and oxygen atoms in total. The maximum absolute atomic E-state index is 12.2. The summed E-state index contributed by atoms with van der Waals surface area (Å²) in [6, 6.07) is 2.04. The summed E-state index contributed by atoms with van der Waals surface area (Å²) in [5.41, 5.74) is 1.15. The summed E-state index contributed by atoms with van der Waals surface area (Å²) in [6.45, 7) is 0.251. The molecule has 1 amide bonds. The van der Waals surface area contributed by atoms with Gasteiger partial charge in [-0.25, -0.2) is 0 Å². The number of carbonyl (C=O) groups is 2. The summed E-state index contributed by atoms with van der Waals surface area (Å²) in [6.07, 6.45) is 2.99. The first-order valence-corrected chi connectivity index (χ1v) is 7.99. The first-order valence-electron chi connectivity index (χ1n) is 6.19. The molecule has 0 spiro atoms. The number of fused-ring (bicyclic) bond motifs is 1. The van der Waals surface area contributed by atoms with E-state index in [9.17, 15) is 9.59 Å². The quantitative estimate of drug-likeness (QED) is 0.672. The standard InChI is InChI=1S/C13H16BrNO3S/c1-18-13(17)10(14)7-15-12(16)9-3-2-4-11-8(9)5-6-19-11/h5-6,9-10H,2-4,7H2,1H3,(H,15,16). The lowest BCUT2D eigenvalue weighted by Crippen LogP contribution is -2.37. The molecule has 0 bridgehead atoms. The Bertz CT molecular complexity index is 474. The van der Waals surface area contributed by atoms with E-state index in [1.807, 2.05) is 11.4 Å². The Labute approximate surface area is 124 Å². The Morgan fingerprint density at radius 2 is 2.42 bits per heavy atom. The maximum atomic E-state index is 12.2. The molecular formula is C13H16BrNO3S. The number of aryl methyl sites for hydroxylation is 1. The highest BCUT2D eigenvalue weighted by Crippen LogP contribution is 2.34. The van der Waals surface area contributed by atoms with Gasteiger partial charge in [0.1, 0.15) is 4.83 Å².